The van der Waals surface area contributed by atoms with Crippen LogP contribution in [0.15, 0.2) is 48.5 Å². The zero-order valence-electron chi connectivity index (χ0n) is 20.2. The second-order valence-electron chi connectivity index (χ2n) is 9.53. The highest BCUT2D eigenvalue weighted by molar-refractivity contribution is 5.82. The Labute approximate surface area is 206 Å². The molecule has 2 aliphatic carbocycles. The third-order valence-electron chi connectivity index (χ3n) is 7.17. The summed E-state index contributed by atoms with van der Waals surface area (Å²) in [5, 5.41) is 12.1. The van der Waals surface area contributed by atoms with Gasteiger partial charge in [0.05, 0.1) is 0 Å². The molecular weight excluding hydrogens is 444 g/mol. The summed E-state index contributed by atoms with van der Waals surface area (Å²) in [6, 6.07) is 16.3. The number of amides is 2. The SMILES string of the molecule is CCCN(CC(=O)O)C(=O)C[C@@H]1CCCC[C@@H]1NC(=O)OCC1c2ccccc2-c2ccccc21. The van der Waals surface area contributed by atoms with Crippen LogP contribution in [0.1, 0.15) is 62.5 Å². The zero-order chi connectivity index (χ0) is 24.8. The highest BCUT2D eigenvalue weighted by Crippen LogP contribution is 2.44. The van der Waals surface area contributed by atoms with Gasteiger partial charge in [-0.3, -0.25) is 9.59 Å². The van der Waals surface area contributed by atoms with Crippen molar-refractivity contribution < 1.29 is 24.2 Å². The molecule has 4 rings (SSSR count). The van der Waals surface area contributed by atoms with Crippen molar-refractivity contribution in [2.75, 3.05) is 19.7 Å². The molecular formula is C28H34N2O5. The van der Waals surface area contributed by atoms with Gasteiger partial charge in [0, 0.05) is 24.9 Å². The number of nitrogens with one attached hydrogen (secondary N) is 1. The second-order valence-corrected chi connectivity index (χ2v) is 9.53. The lowest BCUT2D eigenvalue weighted by Crippen LogP contribution is -2.45. The minimum absolute atomic E-state index is 0.00417. The lowest BCUT2D eigenvalue weighted by atomic mass is 9.82. The number of fused-ring (bicyclic) bond motifs is 3. The van der Waals surface area contributed by atoms with E-state index < -0.39 is 12.1 Å². The van der Waals surface area contributed by atoms with E-state index in [1.807, 2.05) is 31.2 Å². The third-order valence-corrected chi connectivity index (χ3v) is 7.17. The first kappa shape index (κ1) is 24.8. The fourth-order valence-electron chi connectivity index (χ4n) is 5.51. The molecule has 0 bridgehead atoms. The zero-order valence-corrected chi connectivity index (χ0v) is 20.2. The number of nitrogens with zero attached hydrogens (tertiary/aromatic N) is 1. The lowest BCUT2D eigenvalue weighted by molar-refractivity contribution is -0.145. The van der Waals surface area contributed by atoms with Crippen molar-refractivity contribution >= 4 is 18.0 Å². The third kappa shape index (κ3) is 5.84. The number of hydrogen-bond acceptors (Lipinski definition) is 4. The molecule has 186 valence electrons. The largest absolute Gasteiger partial charge is 0.480 e. The van der Waals surface area contributed by atoms with Crippen LogP contribution in [-0.2, 0) is 14.3 Å². The average molecular weight is 479 g/mol. The highest BCUT2D eigenvalue weighted by atomic mass is 16.5. The lowest BCUT2D eigenvalue weighted by Gasteiger charge is -2.33. The van der Waals surface area contributed by atoms with Gasteiger partial charge in [-0.2, -0.15) is 0 Å². The minimum Gasteiger partial charge on any atom is -0.480 e. The molecule has 0 heterocycles. The Hall–Kier alpha value is -3.35. The Balaban J connectivity index is 1.36. The quantitative estimate of drug-likeness (QED) is 0.540. The molecule has 0 saturated heterocycles. The van der Waals surface area contributed by atoms with E-state index in [4.69, 9.17) is 9.84 Å². The van der Waals surface area contributed by atoms with Crippen molar-refractivity contribution in [3.05, 3.63) is 59.7 Å². The summed E-state index contributed by atoms with van der Waals surface area (Å²) in [4.78, 5) is 38.2. The first-order valence-corrected chi connectivity index (χ1v) is 12.6. The number of carbonyl (C=O) groups is 3. The number of ether oxygens (including phenoxy) is 1. The van der Waals surface area contributed by atoms with Crippen molar-refractivity contribution in [3.63, 3.8) is 0 Å². The van der Waals surface area contributed by atoms with Gasteiger partial charge in [-0.05, 0) is 47.4 Å². The molecule has 1 fully saturated rings. The van der Waals surface area contributed by atoms with Gasteiger partial charge in [-0.15, -0.1) is 0 Å². The van der Waals surface area contributed by atoms with E-state index in [-0.39, 0.29) is 43.4 Å². The summed E-state index contributed by atoms with van der Waals surface area (Å²) in [5.74, 6) is -1.20. The van der Waals surface area contributed by atoms with Gasteiger partial charge in [-0.1, -0.05) is 68.3 Å². The molecule has 0 spiro atoms. The molecule has 2 aromatic carbocycles. The smallest absolute Gasteiger partial charge is 0.407 e. The number of benzene rings is 2. The van der Waals surface area contributed by atoms with Crippen LogP contribution in [0, 0.1) is 5.92 Å². The van der Waals surface area contributed by atoms with Crippen molar-refractivity contribution in [1.29, 1.82) is 0 Å². The number of carbonyl (C=O) groups excluding carboxylic acids is 2. The Morgan fingerprint density at radius 1 is 1.00 bits per heavy atom. The van der Waals surface area contributed by atoms with Crippen molar-refractivity contribution in [3.8, 4) is 11.1 Å². The van der Waals surface area contributed by atoms with E-state index in [0.717, 1.165) is 36.8 Å². The van der Waals surface area contributed by atoms with E-state index >= 15 is 0 Å². The van der Waals surface area contributed by atoms with Crippen LogP contribution in [0.5, 0.6) is 0 Å². The maximum atomic E-state index is 12.8. The van der Waals surface area contributed by atoms with Gasteiger partial charge >= 0.3 is 12.1 Å². The second kappa shape index (κ2) is 11.4. The van der Waals surface area contributed by atoms with E-state index in [1.165, 1.54) is 16.0 Å². The molecule has 0 radical (unpaired) electrons. The molecule has 2 amide bonds. The monoisotopic (exact) mass is 478 g/mol. The predicted octanol–water partition coefficient (Wildman–Crippen LogP) is 4.80. The number of carboxylic acid groups (broad SMARTS) is 1. The molecule has 2 aromatic rings. The molecule has 7 nitrogen and oxygen atoms in total. The fourth-order valence-corrected chi connectivity index (χ4v) is 5.51. The molecule has 7 heteroatoms. The normalized spacial score (nSPS) is 18.9. The van der Waals surface area contributed by atoms with E-state index in [9.17, 15) is 14.4 Å². The predicted molar refractivity (Wildman–Crippen MR) is 133 cm³/mol. The summed E-state index contributed by atoms with van der Waals surface area (Å²) in [6.45, 7) is 2.30. The van der Waals surface area contributed by atoms with Crippen LogP contribution >= 0.6 is 0 Å². The van der Waals surface area contributed by atoms with E-state index in [1.54, 1.807) is 0 Å². The van der Waals surface area contributed by atoms with Crippen LogP contribution in [0.2, 0.25) is 0 Å². The van der Waals surface area contributed by atoms with Crippen LogP contribution in [-0.4, -0.2) is 53.7 Å². The summed E-state index contributed by atoms with van der Waals surface area (Å²) >= 11 is 0. The van der Waals surface area contributed by atoms with E-state index in [2.05, 4.69) is 29.6 Å². The summed E-state index contributed by atoms with van der Waals surface area (Å²) < 4.78 is 5.71. The van der Waals surface area contributed by atoms with Gasteiger partial charge in [0.15, 0.2) is 0 Å². The minimum atomic E-state index is -1.01. The molecule has 35 heavy (non-hydrogen) atoms. The Morgan fingerprint density at radius 3 is 2.26 bits per heavy atom. The van der Waals surface area contributed by atoms with Gasteiger partial charge in [0.25, 0.3) is 0 Å². The number of rotatable bonds is 9. The van der Waals surface area contributed by atoms with Crippen LogP contribution in [0.25, 0.3) is 11.1 Å². The topological polar surface area (TPSA) is 95.9 Å². The Morgan fingerprint density at radius 2 is 1.63 bits per heavy atom. The number of aliphatic carboxylic acids is 1. The maximum absolute atomic E-state index is 12.8. The van der Waals surface area contributed by atoms with Crippen molar-refractivity contribution in [2.24, 2.45) is 5.92 Å². The van der Waals surface area contributed by atoms with Crippen LogP contribution in [0.4, 0.5) is 4.79 Å². The Kier molecular flexibility index (Phi) is 8.06. The average Bonchev–Trinajstić information content (AvgIpc) is 3.17. The summed E-state index contributed by atoms with van der Waals surface area (Å²) in [5.41, 5.74) is 4.69. The summed E-state index contributed by atoms with van der Waals surface area (Å²) in [7, 11) is 0. The van der Waals surface area contributed by atoms with Crippen molar-refractivity contribution in [2.45, 2.75) is 57.4 Å². The van der Waals surface area contributed by atoms with Gasteiger partial charge in [-0.25, -0.2) is 4.79 Å². The van der Waals surface area contributed by atoms with Gasteiger partial charge in [0.1, 0.15) is 13.2 Å². The Bertz CT molecular complexity index is 1020. The van der Waals surface area contributed by atoms with E-state index in [0.29, 0.717) is 13.0 Å². The number of hydrogen-bond donors (Lipinski definition) is 2. The molecule has 2 aliphatic rings. The number of carboxylic acids is 1. The van der Waals surface area contributed by atoms with Gasteiger partial charge < -0.3 is 20.1 Å². The molecule has 0 aliphatic heterocycles. The van der Waals surface area contributed by atoms with Gasteiger partial charge in [0.2, 0.25) is 5.91 Å². The first-order chi connectivity index (χ1) is 17.0. The molecule has 2 N–H and O–H groups in total. The van der Waals surface area contributed by atoms with Crippen molar-refractivity contribution in [1.82, 2.24) is 10.2 Å². The molecule has 0 unspecified atom stereocenters. The maximum Gasteiger partial charge on any atom is 0.407 e. The standard InChI is InChI=1S/C28H34N2O5/c1-2-15-30(17-27(32)33)26(31)16-19-9-3-8-14-25(19)29-28(34)35-18-24-22-12-6-4-10-20(22)21-11-5-7-13-23(21)24/h4-7,10-13,19,24-25H,2-3,8-9,14-18H2,1H3,(H,29,34)(H,32,33)/t19-,25-/m0/s1. The first-order valence-electron chi connectivity index (χ1n) is 12.6. The molecule has 0 aromatic heterocycles. The fraction of sp³-hybridized carbons (Fsp3) is 0.464. The summed E-state index contributed by atoms with van der Waals surface area (Å²) in [6.07, 6.45) is 4.06. The molecule has 2 atom stereocenters. The van der Waals surface area contributed by atoms with Crippen LogP contribution in [0.3, 0.4) is 0 Å². The van der Waals surface area contributed by atoms with Crippen LogP contribution < -0.4 is 5.32 Å². The molecule has 1 saturated carbocycles. The number of alkyl carbamates (subject to hydrolysis) is 1. The highest BCUT2D eigenvalue weighted by Gasteiger charge is 2.32.